The van der Waals surface area contributed by atoms with E-state index in [0.29, 0.717) is 37.3 Å². The van der Waals surface area contributed by atoms with Gasteiger partial charge in [-0.1, -0.05) is 28.1 Å². The molecule has 1 aliphatic rings. The second-order valence-corrected chi connectivity index (χ2v) is 9.01. The molecular formula is C25H20BrFN2O4S. The second kappa shape index (κ2) is 10.8. The first-order valence-corrected chi connectivity index (χ1v) is 11.7. The summed E-state index contributed by atoms with van der Waals surface area (Å²) < 4.78 is 30.6. The van der Waals surface area contributed by atoms with Gasteiger partial charge in [-0.2, -0.15) is 0 Å². The van der Waals surface area contributed by atoms with E-state index in [9.17, 15) is 9.18 Å². The number of benzene rings is 3. The van der Waals surface area contributed by atoms with Crippen LogP contribution in [-0.2, 0) is 11.4 Å². The van der Waals surface area contributed by atoms with Crippen molar-refractivity contribution in [1.29, 1.82) is 0 Å². The molecule has 1 fully saturated rings. The van der Waals surface area contributed by atoms with E-state index in [2.05, 4.69) is 26.2 Å². The number of ether oxygens (including phenoxy) is 3. The van der Waals surface area contributed by atoms with Gasteiger partial charge in [-0.15, -0.1) is 0 Å². The van der Waals surface area contributed by atoms with E-state index in [1.165, 1.54) is 31.0 Å². The topological polar surface area (TPSA) is 69.2 Å². The van der Waals surface area contributed by atoms with E-state index < -0.39 is 0 Å². The molecule has 0 saturated carbocycles. The van der Waals surface area contributed by atoms with E-state index in [-0.39, 0.29) is 18.3 Å². The molecule has 1 N–H and O–H groups in total. The lowest BCUT2D eigenvalue weighted by molar-refractivity contribution is -0.115. The van der Waals surface area contributed by atoms with Crippen LogP contribution in [-0.4, -0.2) is 25.3 Å². The van der Waals surface area contributed by atoms with Gasteiger partial charge in [0.05, 0.1) is 24.8 Å². The Labute approximate surface area is 209 Å². The Hall–Kier alpha value is -3.30. The van der Waals surface area contributed by atoms with Crippen molar-refractivity contribution in [2.75, 3.05) is 14.2 Å². The number of amides is 1. The van der Waals surface area contributed by atoms with Crippen molar-refractivity contribution in [3.8, 4) is 17.2 Å². The van der Waals surface area contributed by atoms with E-state index in [0.717, 1.165) is 11.3 Å². The van der Waals surface area contributed by atoms with Gasteiger partial charge in [0.15, 0.2) is 16.7 Å². The third kappa shape index (κ3) is 5.78. The maximum absolute atomic E-state index is 13.4. The van der Waals surface area contributed by atoms with Crippen LogP contribution >= 0.6 is 27.7 Å². The minimum atomic E-state index is -0.321. The summed E-state index contributed by atoms with van der Waals surface area (Å²) in [6, 6.07) is 17.0. The number of aliphatic imine (C=N–C) groups is 1. The normalized spacial score (nSPS) is 15.5. The SMILES string of the molecule is COc1ccc(N=C2NC(=O)/C(=C\c3cc(OC)c(OCc4cccc(F)c4)cc3Br)S2)cc1. The zero-order valence-corrected chi connectivity index (χ0v) is 20.7. The highest BCUT2D eigenvalue weighted by Crippen LogP contribution is 2.37. The zero-order valence-electron chi connectivity index (χ0n) is 18.3. The van der Waals surface area contributed by atoms with E-state index >= 15 is 0 Å². The molecule has 1 heterocycles. The van der Waals surface area contributed by atoms with Gasteiger partial charge in [0.1, 0.15) is 18.2 Å². The summed E-state index contributed by atoms with van der Waals surface area (Å²) in [4.78, 5) is 17.5. The minimum Gasteiger partial charge on any atom is -0.497 e. The predicted octanol–water partition coefficient (Wildman–Crippen LogP) is 6.08. The number of hydrogen-bond acceptors (Lipinski definition) is 6. The van der Waals surface area contributed by atoms with Gasteiger partial charge in [-0.05, 0) is 77.5 Å². The molecule has 0 aromatic heterocycles. The number of amidine groups is 1. The molecule has 34 heavy (non-hydrogen) atoms. The standard InChI is InChI=1S/C25H20BrFN2O4S/c1-31-19-8-6-18(7-9-19)28-25-29-24(30)23(34-25)12-16-11-21(32-2)22(13-20(16)26)33-14-15-4-3-5-17(27)10-15/h3-13H,14H2,1-2H3,(H,28,29,30)/b23-12+. The van der Waals surface area contributed by atoms with Crippen molar-refractivity contribution >= 4 is 50.5 Å². The van der Waals surface area contributed by atoms with Crippen LogP contribution < -0.4 is 19.5 Å². The van der Waals surface area contributed by atoms with Crippen molar-refractivity contribution in [2.24, 2.45) is 4.99 Å². The van der Waals surface area contributed by atoms with Gasteiger partial charge in [0.2, 0.25) is 0 Å². The largest absolute Gasteiger partial charge is 0.497 e. The Morgan fingerprint density at radius 1 is 1.06 bits per heavy atom. The molecule has 0 bridgehead atoms. The predicted molar refractivity (Wildman–Crippen MR) is 135 cm³/mol. The molecule has 0 spiro atoms. The van der Waals surface area contributed by atoms with Crippen molar-refractivity contribution in [3.63, 3.8) is 0 Å². The summed E-state index contributed by atoms with van der Waals surface area (Å²) in [5.41, 5.74) is 2.14. The molecule has 1 amide bonds. The fourth-order valence-electron chi connectivity index (χ4n) is 3.12. The van der Waals surface area contributed by atoms with Gasteiger partial charge in [0, 0.05) is 4.47 Å². The average Bonchev–Trinajstić information content (AvgIpc) is 3.18. The summed E-state index contributed by atoms with van der Waals surface area (Å²) in [5.74, 6) is 1.15. The number of rotatable bonds is 7. The van der Waals surface area contributed by atoms with Gasteiger partial charge in [-0.3, -0.25) is 4.79 Å². The van der Waals surface area contributed by atoms with Crippen molar-refractivity contribution in [1.82, 2.24) is 5.32 Å². The molecular weight excluding hydrogens is 523 g/mol. The summed E-state index contributed by atoms with van der Waals surface area (Å²) in [6.45, 7) is 0.185. The third-order valence-electron chi connectivity index (χ3n) is 4.81. The van der Waals surface area contributed by atoms with Crippen molar-refractivity contribution in [2.45, 2.75) is 6.61 Å². The molecule has 0 radical (unpaired) electrons. The number of halogens is 2. The molecule has 4 rings (SSSR count). The zero-order chi connectivity index (χ0) is 24.1. The van der Waals surface area contributed by atoms with Crippen LogP contribution in [0.25, 0.3) is 6.08 Å². The molecule has 3 aromatic rings. The number of methoxy groups -OCH3 is 2. The molecule has 0 atom stereocenters. The Morgan fingerprint density at radius 3 is 2.56 bits per heavy atom. The molecule has 1 aliphatic heterocycles. The van der Waals surface area contributed by atoms with Crippen molar-refractivity contribution in [3.05, 3.63) is 87.0 Å². The molecule has 0 unspecified atom stereocenters. The van der Waals surface area contributed by atoms with E-state index in [1.807, 2.05) is 12.1 Å². The van der Waals surface area contributed by atoms with Gasteiger partial charge in [-0.25, -0.2) is 9.38 Å². The van der Waals surface area contributed by atoms with Crippen LogP contribution in [0.2, 0.25) is 0 Å². The fraction of sp³-hybridized carbons (Fsp3) is 0.120. The second-order valence-electron chi connectivity index (χ2n) is 7.12. The number of hydrogen-bond donors (Lipinski definition) is 1. The van der Waals surface area contributed by atoms with E-state index in [4.69, 9.17) is 14.2 Å². The number of carbonyl (C=O) groups is 1. The summed E-state index contributed by atoms with van der Waals surface area (Å²) in [5, 5.41) is 3.26. The fourth-order valence-corrected chi connectivity index (χ4v) is 4.39. The minimum absolute atomic E-state index is 0.185. The smallest absolute Gasteiger partial charge is 0.264 e. The van der Waals surface area contributed by atoms with Crippen LogP contribution in [0.15, 0.2) is 75.0 Å². The first-order chi connectivity index (χ1) is 16.4. The lowest BCUT2D eigenvalue weighted by Gasteiger charge is -2.13. The molecule has 6 nitrogen and oxygen atoms in total. The Morgan fingerprint density at radius 2 is 1.85 bits per heavy atom. The summed E-state index contributed by atoms with van der Waals surface area (Å²) >= 11 is 4.78. The van der Waals surface area contributed by atoms with Crippen LogP contribution in [0, 0.1) is 5.82 Å². The Balaban J connectivity index is 1.52. The Bertz CT molecular complexity index is 1280. The molecule has 3 aromatic carbocycles. The lowest BCUT2D eigenvalue weighted by atomic mass is 10.1. The first kappa shape index (κ1) is 23.8. The van der Waals surface area contributed by atoms with Crippen LogP contribution in [0.4, 0.5) is 10.1 Å². The molecule has 0 aliphatic carbocycles. The van der Waals surface area contributed by atoms with Gasteiger partial charge >= 0.3 is 0 Å². The third-order valence-corrected chi connectivity index (χ3v) is 6.40. The molecule has 1 saturated heterocycles. The first-order valence-electron chi connectivity index (χ1n) is 10.1. The van der Waals surface area contributed by atoms with Crippen LogP contribution in [0.1, 0.15) is 11.1 Å². The monoisotopic (exact) mass is 542 g/mol. The molecule has 9 heteroatoms. The van der Waals surface area contributed by atoms with Crippen molar-refractivity contribution < 1.29 is 23.4 Å². The Kier molecular flexibility index (Phi) is 7.54. The number of nitrogens with one attached hydrogen (secondary N) is 1. The maximum Gasteiger partial charge on any atom is 0.264 e. The van der Waals surface area contributed by atoms with Gasteiger partial charge in [0.25, 0.3) is 5.91 Å². The number of nitrogens with zero attached hydrogens (tertiary/aromatic N) is 1. The lowest BCUT2D eigenvalue weighted by Crippen LogP contribution is -2.19. The summed E-state index contributed by atoms with van der Waals surface area (Å²) in [7, 11) is 3.13. The highest BCUT2D eigenvalue weighted by molar-refractivity contribution is 9.10. The van der Waals surface area contributed by atoms with Gasteiger partial charge < -0.3 is 19.5 Å². The highest BCUT2D eigenvalue weighted by atomic mass is 79.9. The highest BCUT2D eigenvalue weighted by Gasteiger charge is 2.24. The maximum atomic E-state index is 13.4. The quantitative estimate of drug-likeness (QED) is 0.366. The van der Waals surface area contributed by atoms with E-state index in [1.54, 1.807) is 49.6 Å². The van der Waals surface area contributed by atoms with Crippen LogP contribution in [0.5, 0.6) is 17.2 Å². The number of thioether (sulfide) groups is 1. The summed E-state index contributed by atoms with van der Waals surface area (Å²) in [6.07, 6.45) is 1.75. The number of carbonyl (C=O) groups excluding carboxylic acids is 1. The average molecular weight is 543 g/mol. The van der Waals surface area contributed by atoms with Crippen LogP contribution in [0.3, 0.4) is 0 Å². The molecule has 174 valence electrons.